The van der Waals surface area contributed by atoms with E-state index in [1.165, 1.54) is 44.1 Å². The molecule has 0 aromatic carbocycles. The molecule has 1 aliphatic heterocycles. The highest BCUT2D eigenvalue weighted by Crippen LogP contribution is 2.09. The Labute approximate surface area is 138 Å². The van der Waals surface area contributed by atoms with E-state index in [2.05, 4.69) is 10.2 Å². The lowest BCUT2D eigenvalue weighted by molar-refractivity contribution is -0.120. The first kappa shape index (κ1) is 19.5. The molecule has 1 atom stereocenters. The third-order valence-electron chi connectivity index (χ3n) is 3.98. The second-order valence-corrected chi connectivity index (χ2v) is 7.14. The number of hydrogen-bond donors (Lipinski definition) is 2. The maximum Gasteiger partial charge on any atom is 0.221 e. The zero-order valence-electron chi connectivity index (χ0n) is 13.8. The number of hydrogen-bond acceptors (Lipinski definition) is 5. The molecule has 1 fully saturated rings. The van der Waals surface area contributed by atoms with Gasteiger partial charge in [0.05, 0.1) is 5.75 Å². The lowest BCUT2D eigenvalue weighted by Crippen LogP contribution is -2.36. The van der Waals surface area contributed by atoms with Crippen molar-refractivity contribution in [3.63, 3.8) is 0 Å². The predicted octanol–water partition coefficient (Wildman–Crippen LogP) is 1.27. The molecule has 0 bridgehead atoms. The average Bonchev–Trinajstić information content (AvgIpc) is 2.51. The van der Waals surface area contributed by atoms with Crippen LogP contribution in [0.25, 0.3) is 0 Å². The van der Waals surface area contributed by atoms with Gasteiger partial charge in [0.2, 0.25) is 5.91 Å². The van der Waals surface area contributed by atoms with Crippen LogP contribution in [0.4, 0.5) is 0 Å². The van der Waals surface area contributed by atoms with Gasteiger partial charge in [-0.25, -0.2) is 0 Å². The topological polar surface area (TPSA) is 75.4 Å². The van der Waals surface area contributed by atoms with E-state index in [9.17, 15) is 9.59 Å². The zero-order valence-corrected chi connectivity index (χ0v) is 14.6. The van der Waals surface area contributed by atoms with Crippen LogP contribution >= 0.6 is 11.8 Å². The second kappa shape index (κ2) is 11.9. The van der Waals surface area contributed by atoms with Crippen LogP contribution < -0.4 is 11.1 Å². The van der Waals surface area contributed by atoms with E-state index in [1.54, 1.807) is 6.92 Å². The molecule has 0 saturated carbocycles. The van der Waals surface area contributed by atoms with Crippen molar-refractivity contribution in [3.05, 3.63) is 0 Å². The van der Waals surface area contributed by atoms with Crippen LogP contribution in [0.15, 0.2) is 0 Å². The second-order valence-electron chi connectivity index (χ2n) is 6.11. The molecule has 1 aliphatic rings. The Bertz CT molecular complexity index is 333. The van der Waals surface area contributed by atoms with Crippen LogP contribution in [0, 0.1) is 5.92 Å². The molecule has 0 aliphatic carbocycles. The van der Waals surface area contributed by atoms with Crippen molar-refractivity contribution in [2.24, 2.45) is 11.7 Å². The summed E-state index contributed by atoms with van der Waals surface area (Å²) in [6.07, 6.45) is 5.56. The molecular formula is C16H31N3O2S. The normalized spacial score (nSPS) is 17.3. The third kappa shape index (κ3) is 9.43. The van der Waals surface area contributed by atoms with Crippen molar-refractivity contribution in [1.29, 1.82) is 0 Å². The molecule has 22 heavy (non-hydrogen) atoms. The van der Waals surface area contributed by atoms with Crippen molar-refractivity contribution < 1.29 is 9.59 Å². The van der Waals surface area contributed by atoms with Gasteiger partial charge in [0.1, 0.15) is 5.78 Å². The molecule has 5 nitrogen and oxygen atoms in total. The summed E-state index contributed by atoms with van der Waals surface area (Å²) in [5.41, 5.74) is 5.18. The van der Waals surface area contributed by atoms with Crippen molar-refractivity contribution in [2.75, 3.05) is 44.2 Å². The number of primary amides is 1. The van der Waals surface area contributed by atoms with E-state index >= 15 is 0 Å². The Hall–Kier alpha value is -0.590. The van der Waals surface area contributed by atoms with Crippen LogP contribution in [-0.4, -0.2) is 60.8 Å². The van der Waals surface area contributed by atoms with Gasteiger partial charge in [0, 0.05) is 31.2 Å². The molecule has 6 heteroatoms. The average molecular weight is 330 g/mol. The van der Waals surface area contributed by atoms with Gasteiger partial charge in [0.25, 0.3) is 0 Å². The van der Waals surface area contributed by atoms with Crippen molar-refractivity contribution in [3.8, 4) is 0 Å². The van der Waals surface area contributed by atoms with Crippen LogP contribution in [0.3, 0.4) is 0 Å². The number of piperidine rings is 1. The number of likely N-dealkylation sites (tertiary alicyclic amines) is 1. The minimum Gasteiger partial charge on any atom is -0.369 e. The molecule has 0 radical (unpaired) electrons. The molecular weight excluding hydrogens is 298 g/mol. The minimum absolute atomic E-state index is 0.158. The number of carbonyl (C=O) groups is 2. The Morgan fingerprint density at radius 3 is 2.64 bits per heavy atom. The summed E-state index contributed by atoms with van der Waals surface area (Å²) in [6, 6.07) is 0. The highest BCUT2D eigenvalue weighted by molar-refractivity contribution is 7.99. The summed E-state index contributed by atoms with van der Waals surface area (Å²) < 4.78 is 0. The number of Topliss-reactive ketones (excluding diaryl/α,β-unsaturated/α-hetero) is 1. The van der Waals surface area contributed by atoms with Gasteiger partial charge in [-0.1, -0.05) is 13.3 Å². The summed E-state index contributed by atoms with van der Waals surface area (Å²) in [6.45, 7) is 7.31. The summed E-state index contributed by atoms with van der Waals surface area (Å²) in [7, 11) is 0. The highest BCUT2D eigenvalue weighted by atomic mass is 32.2. The quantitative estimate of drug-likeness (QED) is 0.527. The molecule has 0 spiro atoms. The number of rotatable bonds is 12. The van der Waals surface area contributed by atoms with Gasteiger partial charge in [-0.2, -0.15) is 11.8 Å². The predicted molar refractivity (Wildman–Crippen MR) is 93.1 cm³/mol. The smallest absolute Gasteiger partial charge is 0.221 e. The molecule has 0 aromatic heterocycles. The summed E-state index contributed by atoms with van der Waals surface area (Å²) in [5, 5.41) is 3.42. The van der Waals surface area contributed by atoms with E-state index in [4.69, 9.17) is 5.73 Å². The van der Waals surface area contributed by atoms with Gasteiger partial charge in [-0.15, -0.1) is 0 Å². The number of nitrogens with two attached hydrogens (primary N) is 1. The van der Waals surface area contributed by atoms with E-state index < -0.39 is 0 Å². The molecule has 128 valence electrons. The molecule has 1 rings (SSSR count). The van der Waals surface area contributed by atoms with Crippen molar-refractivity contribution in [1.82, 2.24) is 10.2 Å². The van der Waals surface area contributed by atoms with Crippen molar-refractivity contribution >= 4 is 23.5 Å². The maximum atomic E-state index is 11.7. The van der Waals surface area contributed by atoms with Crippen LogP contribution in [0.1, 0.15) is 39.0 Å². The zero-order chi connectivity index (χ0) is 16.2. The molecule has 1 amide bonds. The lowest BCUT2D eigenvalue weighted by atomic mass is 10.1. The fraction of sp³-hybridized carbons (Fsp3) is 0.875. The SMILES string of the molecule is CC(CSCC(=O)CCCNCCN1CCCCC1)C(N)=O. The van der Waals surface area contributed by atoms with E-state index in [-0.39, 0.29) is 17.6 Å². The van der Waals surface area contributed by atoms with E-state index in [0.717, 1.165) is 26.1 Å². The van der Waals surface area contributed by atoms with E-state index in [1.807, 2.05) is 0 Å². The minimum atomic E-state index is -0.294. The largest absolute Gasteiger partial charge is 0.369 e. The van der Waals surface area contributed by atoms with Gasteiger partial charge in [0.15, 0.2) is 0 Å². The standard InChI is InChI=1S/C16H31N3O2S/c1-14(16(17)21)12-22-13-15(20)6-5-7-18-8-11-19-9-3-2-4-10-19/h14,18H,2-13H2,1H3,(H2,17,21). The lowest BCUT2D eigenvalue weighted by Gasteiger charge is -2.26. The first-order valence-corrected chi connectivity index (χ1v) is 9.57. The maximum absolute atomic E-state index is 11.7. The first-order chi connectivity index (χ1) is 10.6. The third-order valence-corrected chi connectivity index (χ3v) is 5.24. The number of carbonyl (C=O) groups excluding carboxylic acids is 2. The number of ketones is 1. The number of nitrogens with one attached hydrogen (secondary N) is 1. The van der Waals surface area contributed by atoms with Crippen LogP contribution in [0.5, 0.6) is 0 Å². The highest BCUT2D eigenvalue weighted by Gasteiger charge is 2.10. The Morgan fingerprint density at radius 2 is 1.95 bits per heavy atom. The fourth-order valence-electron chi connectivity index (χ4n) is 2.46. The van der Waals surface area contributed by atoms with E-state index in [0.29, 0.717) is 17.9 Å². The monoisotopic (exact) mass is 329 g/mol. The van der Waals surface area contributed by atoms with Crippen molar-refractivity contribution in [2.45, 2.75) is 39.0 Å². The molecule has 1 saturated heterocycles. The number of amides is 1. The summed E-state index contributed by atoms with van der Waals surface area (Å²) >= 11 is 1.51. The van der Waals surface area contributed by atoms with Crippen LogP contribution in [-0.2, 0) is 9.59 Å². The van der Waals surface area contributed by atoms with Gasteiger partial charge < -0.3 is 16.0 Å². The number of nitrogens with zero attached hydrogens (tertiary/aromatic N) is 1. The summed E-state index contributed by atoms with van der Waals surface area (Å²) in [5.74, 6) is 0.937. The number of thioether (sulfide) groups is 1. The Morgan fingerprint density at radius 1 is 1.23 bits per heavy atom. The molecule has 1 heterocycles. The van der Waals surface area contributed by atoms with Crippen LogP contribution in [0.2, 0.25) is 0 Å². The Kier molecular flexibility index (Phi) is 10.5. The van der Waals surface area contributed by atoms with Gasteiger partial charge in [-0.3, -0.25) is 9.59 Å². The van der Waals surface area contributed by atoms with Gasteiger partial charge in [-0.05, 0) is 38.9 Å². The molecule has 3 N–H and O–H groups in total. The Balaban J connectivity index is 1.89. The molecule has 0 aromatic rings. The van der Waals surface area contributed by atoms with Gasteiger partial charge >= 0.3 is 0 Å². The molecule has 1 unspecified atom stereocenters. The first-order valence-electron chi connectivity index (χ1n) is 8.41. The summed E-state index contributed by atoms with van der Waals surface area (Å²) in [4.78, 5) is 25.1. The fourth-order valence-corrected chi connectivity index (χ4v) is 3.47.